The number of nitrogens with zero attached hydrogens (tertiary/aromatic N) is 3. The molecule has 0 saturated carbocycles. The lowest BCUT2D eigenvalue weighted by atomic mass is 10.2. The fourth-order valence-corrected chi connectivity index (χ4v) is 4.40. The van der Waals surface area contributed by atoms with Gasteiger partial charge in [-0.15, -0.1) is 12.4 Å². The van der Waals surface area contributed by atoms with Crippen LogP contribution in [0.25, 0.3) is 10.2 Å². The van der Waals surface area contributed by atoms with Gasteiger partial charge in [-0.05, 0) is 56.4 Å². The molecule has 0 fully saturated rings. The second-order valence-corrected chi connectivity index (χ2v) is 8.08. The largest absolute Gasteiger partial charge is 0.494 e. The topological polar surface area (TPSA) is 45.7 Å². The molecular formula is C22H26Cl2FN3O2S. The van der Waals surface area contributed by atoms with E-state index in [-0.39, 0.29) is 28.9 Å². The summed E-state index contributed by atoms with van der Waals surface area (Å²) in [5.74, 6) is -0.00581. The maximum Gasteiger partial charge on any atom is 0.261 e. The summed E-state index contributed by atoms with van der Waals surface area (Å²) in [7, 11) is 0. The van der Waals surface area contributed by atoms with Gasteiger partial charge in [-0.25, -0.2) is 9.37 Å². The van der Waals surface area contributed by atoms with E-state index in [4.69, 9.17) is 16.3 Å². The molecule has 0 spiro atoms. The quantitative estimate of drug-likeness (QED) is 0.378. The Kier molecular flexibility index (Phi) is 9.50. The third kappa shape index (κ3) is 6.07. The second kappa shape index (κ2) is 11.6. The SMILES string of the molecule is CCOc1ccc2nc(N(CCN(CC)CC)C(=O)c3ccc(F)cc3Cl)sc2c1.Cl. The number of thiazole rings is 1. The molecule has 3 aromatic rings. The van der Waals surface area contributed by atoms with Gasteiger partial charge < -0.3 is 9.64 Å². The molecule has 0 radical (unpaired) electrons. The Balaban J connectivity index is 0.00000341. The zero-order valence-corrected chi connectivity index (χ0v) is 20.1. The summed E-state index contributed by atoms with van der Waals surface area (Å²) in [5, 5.41) is 0.670. The summed E-state index contributed by atoms with van der Waals surface area (Å²) in [5.41, 5.74) is 1.05. The molecule has 9 heteroatoms. The molecule has 0 atom stereocenters. The number of amides is 1. The third-order valence-electron chi connectivity index (χ3n) is 4.83. The number of halogens is 3. The van der Waals surface area contributed by atoms with E-state index in [2.05, 4.69) is 23.7 Å². The van der Waals surface area contributed by atoms with Crippen LogP contribution in [0.15, 0.2) is 36.4 Å². The molecule has 3 rings (SSSR count). The zero-order chi connectivity index (χ0) is 21.7. The van der Waals surface area contributed by atoms with Gasteiger partial charge in [0.2, 0.25) is 0 Å². The summed E-state index contributed by atoms with van der Waals surface area (Å²) in [6.45, 7) is 9.58. The Hall–Kier alpha value is -1.93. The van der Waals surface area contributed by atoms with Gasteiger partial charge in [0.25, 0.3) is 5.91 Å². The Bertz CT molecular complexity index is 1030. The van der Waals surface area contributed by atoms with E-state index in [9.17, 15) is 9.18 Å². The van der Waals surface area contributed by atoms with Crippen molar-refractivity contribution in [1.29, 1.82) is 0 Å². The first-order chi connectivity index (χ1) is 14.5. The van der Waals surface area contributed by atoms with Gasteiger partial charge in [0.15, 0.2) is 5.13 Å². The number of rotatable bonds is 9. The van der Waals surface area contributed by atoms with Crippen molar-refractivity contribution in [3.8, 4) is 5.75 Å². The Morgan fingerprint density at radius 1 is 1.13 bits per heavy atom. The highest BCUT2D eigenvalue weighted by Gasteiger charge is 2.24. The van der Waals surface area contributed by atoms with E-state index in [0.717, 1.165) is 35.1 Å². The van der Waals surface area contributed by atoms with Crippen LogP contribution in [0.4, 0.5) is 9.52 Å². The summed E-state index contributed by atoms with van der Waals surface area (Å²) < 4.78 is 20.0. The molecule has 1 aromatic heterocycles. The van der Waals surface area contributed by atoms with Crippen molar-refractivity contribution in [2.75, 3.05) is 37.7 Å². The van der Waals surface area contributed by atoms with Crippen LogP contribution in [0, 0.1) is 5.82 Å². The van der Waals surface area contributed by atoms with Gasteiger partial charge in [-0.1, -0.05) is 36.8 Å². The number of hydrogen-bond donors (Lipinski definition) is 0. The molecule has 0 saturated heterocycles. The van der Waals surface area contributed by atoms with E-state index in [0.29, 0.717) is 24.8 Å². The first kappa shape index (κ1) is 25.3. The number of anilines is 1. The summed E-state index contributed by atoms with van der Waals surface area (Å²) >= 11 is 7.60. The highest BCUT2D eigenvalue weighted by molar-refractivity contribution is 7.22. The van der Waals surface area contributed by atoms with Crippen LogP contribution in [0.3, 0.4) is 0 Å². The predicted octanol–water partition coefficient (Wildman–Crippen LogP) is 5.90. The number of carbonyl (C=O) groups is 1. The van der Waals surface area contributed by atoms with Crippen molar-refractivity contribution in [2.24, 2.45) is 0 Å². The van der Waals surface area contributed by atoms with E-state index < -0.39 is 5.82 Å². The van der Waals surface area contributed by atoms with E-state index >= 15 is 0 Å². The molecular weight excluding hydrogens is 460 g/mol. The van der Waals surface area contributed by atoms with Gasteiger partial charge >= 0.3 is 0 Å². The van der Waals surface area contributed by atoms with Crippen LogP contribution in [0.1, 0.15) is 31.1 Å². The number of aromatic nitrogens is 1. The molecule has 0 bridgehead atoms. The molecule has 0 aliphatic heterocycles. The molecule has 1 heterocycles. The van der Waals surface area contributed by atoms with E-state index in [1.54, 1.807) is 4.90 Å². The van der Waals surface area contributed by atoms with Gasteiger partial charge in [0, 0.05) is 13.1 Å². The van der Waals surface area contributed by atoms with Crippen LogP contribution in [-0.2, 0) is 0 Å². The van der Waals surface area contributed by atoms with Crippen LogP contribution in [0.5, 0.6) is 5.75 Å². The lowest BCUT2D eigenvalue weighted by Gasteiger charge is -2.25. The highest BCUT2D eigenvalue weighted by atomic mass is 35.5. The number of hydrogen-bond acceptors (Lipinski definition) is 5. The minimum atomic E-state index is -0.477. The molecule has 0 N–H and O–H groups in total. The molecule has 2 aromatic carbocycles. The smallest absolute Gasteiger partial charge is 0.261 e. The van der Waals surface area contributed by atoms with E-state index in [1.165, 1.54) is 23.5 Å². The van der Waals surface area contributed by atoms with Crippen LogP contribution < -0.4 is 9.64 Å². The first-order valence-electron chi connectivity index (χ1n) is 9.99. The van der Waals surface area contributed by atoms with Crippen LogP contribution >= 0.6 is 35.3 Å². The lowest BCUT2D eigenvalue weighted by Crippen LogP contribution is -2.39. The van der Waals surface area contributed by atoms with Crippen LogP contribution in [0.2, 0.25) is 5.02 Å². The standard InChI is InChI=1S/C22H25ClFN3O2S.ClH/c1-4-26(5-2)11-12-27(21(28)17-9-7-15(24)13-18(17)23)22-25-19-10-8-16(29-6-3)14-20(19)30-22;/h7-10,13-14H,4-6,11-12H2,1-3H3;1H. The molecule has 31 heavy (non-hydrogen) atoms. The minimum absolute atomic E-state index is 0. The maximum atomic E-state index is 13.5. The number of benzene rings is 2. The fourth-order valence-electron chi connectivity index (χ4n) is 3.14. The first-order valence-corrected chi connectivity index (χ1v) is 11.2. The van der Waals surface area contributed by atoms with Crippen LogP contribution in [-0.4, -0.2) is 48.6 Å². The average molecular weight is 486 g/mol. The van der Waals surface area contributed by atoms with Gasteiger partial charge in [-0.3, -0.25) is 9.69 Å². The number of carbonyl (C=O) groups excluding carboxylic acids is 1. The third-order valence-corrected chi connectivity index (χ3v) is 6.19. The fraction of sp³-hybridized carbons (Fsp3) is 0.364. The summed E-state index contributed by atoms with van der Waals surface area (Å²) in [6.07, 6.45) is 0. The molecule has 1 amide bonds. The monoisotopic (exact) mass is 485 g/mol. The van der Waals surface area contributed by atoms with Crippen molar-refractivity contribution >= 4 is 56.6 Å². The Morgan fingerprint density at radius 2 is 1.87 bits per heavy atom. The zero-order valence-electron chi connectivity index (χ0n) is 17.7. The Labute approximate surface area is 197 Å². The van der Waals surface area contributed by atoms with Gasteiger partial charge in [0.1, 0.15) is 11.6 Å². The van der Waals surface area contributed by atoms with Crippen molar-refractivity contribution in [1.82, 2.24) is 9.88 Å². The molecule has 0 aliphatic rings. The number of fused-ring (bicyclic) bond motifs is 1. The minimum Gasteiger partial charge on any atom is -0.494 e. The van der Waals surface area contributed by atoms with Crippen molar-refractivity contribution < 1.29 is 13.9 Å². The summed E-state index contributed by atoms with van der Waals surface area (Å²) in [4.78, 5) is 21.9. The maximum absolute atomic E-state index is 13.5. The number of likely N-dealkylation sites (N-methyl/N-ethyl adjacent to an activating group) is 1. The predicted molar refractivity (Wildman–Crippen MR) is 129 cm³/mol. The summed E-state index contributed by atoms with van der Waals surface area (Å²) in [6, 6.07) is 9.51. The lowest BCUT2D eigenvalue weighted by molar-refractivity contribution is 0.0984. The molecule has 5 nitrogen and oxygen atoms in total. The normalized spacial score (nSPS) is 10.9. The van der Waals surface area contributed by atoms with E-state index in [1.807, 2.05) is 25.1 Å². The van der Waals surface area contributed by atoms with Crippen molar-refractivity contribution in [3.63, 3.8) is 0 Å². The van der Waals surface area contributed by atoms with Gasteiger partial charge in [-0.2, -0.15) is 0 Å². The molecule has 0 unspecified atom stereocenters. The van der Waals surface area contributed by atoms with Gasteiger partial charge in [0.05, 0.1) is 27.4 Å². The van der Waals surface area contributed by atoms with Crippen molar-refractivity contribution in [2.45, 2.75) is 20.8 Å². The average Bonchev–Trinajstić information content (AvgIpc) is 3.14. The molecule has 168 valence electrons. The second-order valence-electron chi connectivity index (χ2n) is 6.67. The number of ether oxygens (including phenoxy) is 1. The molecule has 0 aliphatic carbocycles. The Morgan fingerprint density at radius 3 is 2.52 bits per heavy atom. The van der Waals surface area contributed by atoms with Crippen molar-refractivity contribution in [3.05, 3.63) is 52.8 Å². The highest BCUT2D eigenvalue weighted by Crippen LogP contribution is 2.33.